The molecule has 1 atom stereocenters. The van der Waals surface area contributed by atoms with E-state index in [1.165, 1.54) is 0 Å². The second kappa shape index (κ2) is 6.86. The third-order valence-corrected chi connectivity index (χ3v) is 3.53. The van der Waals surface area contributed by atoms with Gasteiger partial charge in [-0.2, -0.15) is 0 Å². The summed E-state index contributed by atoms with van der Waals surface area (Å²) in [6.45, 7) is 7.88. The molecule has 7 heteroatoms. The van der Waals surface area contributed by atoms with E-state index in [2.05, 4.69) is 36.4 Å². The number of aromatic nitrogens is 1. The molecule has 3 rings (SSSR count). The Morgan fingerprint density at radius 1 is 1.39 bits per heavy atom. The lowest BCUT2D eigenvalue weighted by Crippen LogP contribution is -2.48. The van der Waals surface area contributed by atoms with Gasteiger partial charge in [-0.3, -0.25) is 4.79 Å². The predicted molar refractivity (Wildman–Crippen MR) is 91.2 cm³/mol. The van der Waals surface area contributed by atoms with Gasteiger partial charge in [-0.25, -0.2) is 4.98 Å². The average molecular weight is 340 g/mol. The Balaban J connectivity index is 0.00000192. The van der Waals surface area contributed by atoms with Gasteiger partial charge in [-0.1, -0.05) is 20.8 Å². The first-order valence-corrected chi connectivity index (χ1v) is 7.46. The van der Waals surface area contributed by atoms with Gasteiger partial charge < -0.3 is 19.8 Å². The zero-order chi connectivity index (χ0) is 15.7. The highest BCUT2D eigenvalue weighted by atomic mass is 35.5. The monoisotopic (exact) mass is 339 g/mol. The van der Waals surface area contributed by atoms with Crippen LogP contribution in [0.2, 0.25) is 0 Å². The molecule has 126 valence electrons. The summed E-state index contributed by atoms with van der Waals surface area (Å²) in [4.78, 5) is 16.7. The predicted octanol–water partition coefficient (Wildman–Crippen LogP) is 2.47. The number of nitrogens with one attached hydrogen (secondary N) is 2. The molecular weight excluding hydrogens is 318 g/mol. The first-order chi connectivity index (χ1) is 10.4. The molecule has 23 heavy (non-hydrogen) atoms. The van der Waals surface area contributed by atoms with Crippen LogP contribution in [-0.2, 0) is 14.9 Å². The minimum atomic E-state index is -0.313. The first-order valence-electron chi connectivity index (χ1n) is 7.46. The summed E-state index contributed by atoms with van der Waals surface area (Å²) in [5, 5.41) is 6.02. The van der Waals surface area contributed by atoms with E-state index in [0.29, 0.717) is 31.3 Å². The minimum absolute atomic E-state index is 0. The highest BCUT2D eigenvalue weighted by Gasteiger charge is 2.23. The topological polar surface area (TPSA) is 76.4 Å². The van der Waals surface area contributed by atoms with Crippen LogP contribution < -0.4 is 10.6 Å². The number of carbonyl (C=O) groups is 1. The lowest BCUT2D eigenvalue weighted by atomic mass is 9.97. The number of ether oxygens (including phenoxy) is 1. The van der Waals surface area contributed by atoms with Crippen LogP contribution in [0.5, 0.6) is 0 Å². The van der Waals surface area contributed by atoms with Gasteiger partial charge in [0, 0.05) is 17.6 Å². The van der Waals surface area contributed by atoms with Crippen molar-refractivity contribution in [3.63, 3.8) is 0 Å². The first kappa shape index (κ1) is 17.7. The van der Waals surface area contributed by atoms with Gasteiger partial charge in [0.25, 0.3) is 0 Å². The van der Waals surface area contributed by atoms with Crippen LogP contribution in [-0.4, -0.2) is 36.7 Å². The lowest BCUT2D eigenvalue weighted by molar-refractivity contribution is -0.120. The fourth-order valence-electron chi connectivity index (χ4n) is 2.29. The van der Waals surface area contributed by atoms with Gasteiger partial charge in [0.05, 0.1) is 13.2 Å². The zero-order valence-corrected chi connectivity index (χ0v) is 14.3. The molecule has 2 aromatic rings. The van der Waals surface area contributed by atoms with Crippen molar-refractivity contribution in [1.82, 2.24) is 10.3 Å². The van der Waals surface area contributed by atoms with Gasteiger partial charge in [-0.15, -0.1) is 12.4 Å². The number of hydrogen-bond acceptors (Lipinski definition) is 5. The molecule has 0 saturated carbocycles. The number of anilines is 1. The van der Waals surface area contributed by atoms with E-state index in [4.69, 9.17) is 9.15 Å². The van der Waals surface area contributed by atoms with Crippen LogP contribution in [0, 0.1) is 0 Å². The number of fused-ring (bicyclic) bond motifs is 1. The summed E-state index contributed by atoms with van der Waals surface area (Å²) in [7, 11) is 0. The molecule has 0 radical (unpaired) electrons. The summed E-state index contributed by atoms with van der Waals surface area (Å²) >= 11 is 0. The molecule has 6 nitrogen and oxygen atoms in total. The van der Waals surface area contributed by atoms with Crippen molar-refractivity contribution in [3.05, 3.63) is 24.1 Å². The van der Waals surface area contributed by atoms with Crippen LogP contribution in [0.15, 0.2) is 22.6 Å². The summed E-state index contributed by atoms with van der Waals surface area (Å²) in [5.41, 5.74) is 2.03. The van der Waals surface area contributed by atoms with Crippen molar-refractivity contribution in [3.8, 4) is 0 Å². The smallest absolute Gasteiger partial charge is 0.243 e. The van der Waals surface area contributed by atoms with Crippen molar-refractivity contribution in [2.45, 2.75) is 32.2 Å². The quantitative estimate of drug-likeness (QED) is 0.879. The SMILES string of the molecule is CC(C)(C)c1nc2cc(NC(=O)C3COCCN3)ccc2o1.Cl. The molecule has 0 aliphatic carbocycles. The number of halogens is 1. The number of nitrogens with zero attached hydrogens (tertiary/aromatic N) is 1. The van der Waals surface area contributed by atoms with Crippen LogP contribution in [0.4, 0.5) is 5.69 Å². The Bertz CT molecular complexity index is 687. The molecule has 1 unspecified atom stereocenters. The third kappa shape index (κ3) is 4.02. The molecule has 1 aliphatic heterocycles. The average Bonchev–Trinajstić information content (AvgIpc) is 2.91. The Morgan fingerprint density at radius 2 is 2.17 bits per heavy atom. The molecule has 1 aliphatic rings. The lowest BCUT2D eigenvalue weighted by Gasteiger charge is -2.22. The van der Waals surface area contributed by atoms with Crippen LogP contribution in [0.1, 0.15) is 26.7 Å². The fourth-order valence-corrected chi connectivity index (χ4v) is 2.29. The van der Waals surface area contributed by atoms with Gasteiger partial charge in [0.1, 0.15) is 11.6 Å². The van der Waals surface area contributed by atoms with Gasteiger partial charge in [0.15, 0.2) is 5.58 Å². The molecule has 2 N–H and O–H groups in total. The van der Waals surface area contributed by atoms with Crippen molar-refractivity contribution >= 4 is 35.1 Å². The van der Waals surface area contributed by atoms with Crippen LogP contribution in [0.25, 0.3) is 11.1 Å². The number of morpholine rings is 1. The summed E-state index contributed by atoms with van der Waals surface area (Å²) < 4.78 is 11.1. The summed E-state index contributed by atoms with van der Waals surface area (Å²) in [5.74, 6) is 0.590. The second-order valence-corrected chi connectivity index (χ2v) is 6.52. The fraction of sp³-hybridized carbons (Fsp3) is 0.500. The molecule has 2 heterocycles. The Morgan fingerprint density at radius 3 is 2.83 bits per heavy atom. The van der Waals surface area contributed by atoms with Crippen LogP contribution >= 0.6 is 12.4 Å². The Hall–Kier alpha value is -1.63. The summed E-state index contributed by atoms with van der Waals surface area (Å²) in [6, 6.07) is 5.17. The van der Waals surface area contributed by atoms with E-state index in [-0.39, 0.29) is 29.8 Å². The number of carbonyl (C=O) groups excluding carboxylic acids is 1. The molecule has 1 fully saturated rings. The van der Waals surface area contributed by atoms with E-state index in [9.17, 15) is 4.79 Å². The van der Waals surface area contributed by atoms with Crippen molar-refractivity contribution < 1.29 is 13.9 Å². The van der Waals surface area contributed by atoms with Crippen molar-refractivity contribution in [1.29, 1.82) is 0 Å². The highest BCUT2D eigenvalue weighted by molar-refractivity contribution is 5.96. The molecule has 0 spiro atoms. The Kier molecular flexibility index (Phi) is 5.29. The molecule has 1 amide bonds. The van der Waals surface area contributed by atoms with E-state index < -0.39 is 0 Å². The minimum Gasteiger partial charge on any atom is -0.440 e. The number of oxazole rings is 1. The zero-order valence-electron chi connectivity index (χ0n) is 13.5. The maximum atomic E-state index is 12.2. The molecule has 1 aromatic heterocycles. The van der Waals surface area contributed by atoms with E-state index >= 15 is 0 Å². The maximum Gasteiger partial charge on any atom is 0.243 e. The van der Waals surface area contributed by atoms with Crippen LogP contribution in [0.3, 0.4) is 0 Å². The standard InChI is InChI=1S/C16H21N3O3.ClH/c1-16(2,3)15-19-11-8-10(4-5-13(11)22-15)18-14(20)12-9-21-7-6-17-12;/h4-5,8,12,17H,6-7,9H2,1-3H3,(H,18,20);1H. The largest absolute Gasteiger partial charge is 0.440 e. The second-order valence-electron chi connectivity index (χ2n) is 6.52. The summed E-state index contributed by atoms with van der Waals surface area (Å²) in [6.07, 6.45) is 0. The van der Waals surface area contributed by atoms with E-state index in [1.807, 2.05) is 18.2 Å². The molecular formula is C16H22ClN3O3. The van der Waals surface area contributed by atoms with Gasteiger partial charge in [-0.05, 0) is 18.2 Å². The molecule has 1 aromatic carbocycles. The number of benzene rings is 1. The maximum absolute atomic E-state index is 12.2. The van der Waals surface area contributed by atoms with Gasteiger partial charge >= 0.3 is 0 Å². The molecule has 0 bridgehead atoms. The Labute approximate surface area is 141 Å². The van der Waals surface area contributed by atoms with E-state index in [1.54, 1.807) is 0 Å². The normalized spacial score (nSPS) is 18.5. The number of amides is 1. The highest BCUT2D eigenvalue weighted by Crippen LogP contribution is 2.27. The number of rotatable bonds is 2. The number of hydrogen-bond donors (Lipinski definition) is 2. The van der Waals surface area contributed by atoms with Crippen molar-refractivity contribution in [2.75, 3.05) is 25.1 Å². The third-order valence-electron chi connectivity index (χ3n) is 3.53. The van der Waals surface area contributed by atoms with Gasteiger partial charge in [0.2, 0.25) is 11.8 Å². The van der Waals surface area contributed by atoms with E-state index in [0.717, 1.165) is 11.1 Å². The van der Waals surface area contributed by atoms with Crippen molar-refractivity contribution in [2.24, 2.45) is 0 Å². The molecule has 1 saturated heterocycles.